The number of rotatable bonds is 6. The Balaban J connectivity index is 1.21. The van der Waals surface area contributed by atoms with Crippen LogP contribution >= 0.6 is 0 Å². The lowest BCUT2D eigenvalue weighted by Gasteiger charge is -2.17. The molecular formula is C24H24FN3O3S. The number of fused-ring (bicyclic) bond motifs is 1. The Morgan fingerprint density at radius 2 is 1.97 bits per heavy atom. The van der Waals surface area contributed by atoms with Gasteiger partial charge in [0, 0.05) is 31.4 Å². The summed E-state index contributed by atoms with van der Waals surface area (Å²) in [6.07, 6.45) is 5.61. The predicted octanol–water partition coefficient (Wildman–Crippen LogP) is 4.21. The molecule has 32 heavy (non-hydrogen) atoms. The molecule has 0 amide bonds. The molecule has 6 nitrogen and oxygen atoms in total. The van der Waals surface area contributed by atoms with Crippen LogP contribution < -0.4 is 14.4 Å². The first-order valence-corrected chi connectivity index (χ1v) is 12.1. The zero-order valence-corrected chi connectivity index (χ0v) is 18.6. The average molecular weight is 454 g/mol. The summed E-state index contributed by atoms with van der Waals surface area (Å²) in [5, 5.41) is 0. The van der Waals surface area contributed by atoms with Crippen LogP contribution in [0.15, 0.2) is 53.7 Å². The minimum atomic E-state index is -1.12. The maximum atomic E-state index is 14.7. The van der Waals surface area contributed by atoms with Crippen LogP contribution in [-0.4, -0.2) is 39.8 Å². The summed E-state index contributed by atoms with van der Waals surface area (Å²) in [6.45, 7) is 4.18. The van der Waals surface area contributed by atoms with Crippen molar-refractivity contribution in [3.63, 3.8) is 0 Å². The summed E-state index contributed by atoms with van der Waals surface area (Å²) in [5.41, 5.74) is 2.65. The Morgan fingerprint density at radius 1 is 1.19 bits per heavy atom. The highest BCUT2D eigenvalue weighted by Gasteiger charge is 2.25. The van der Waals surface area contributed by atoms with Crippen molar-refractivity contribution in [2.24, 2.45) is 5.92 Å². The fourth-order valence-electron chi connectivity index (χ4n) is 4.02. The van der Waals surface area contributed by atoms with E-state index in [9.17, 15) is 8.60 Å². The minimum absolute atomic E-state index is 0.175. The Kier molecular flexibility index (Phi) is 5.78. The van der Waals surface area contributed by atoms with E-state index in [-0.39, 0.29) is 11.7 Å². The van der Waals surface area contributed by atoms with Crippen LogP contribution in [-0.2, 0) is 17.2 Å². The van der Waals surface area contributed by atoms with Crippen LogP contribution in [0, 0.1) is 11.7 Å². The van der Waals surface area contributed by atoms with Crippen molar-refractivity contribution in [3.8, 4) is 22.6 Å². The number of hydrogen-bond acceptors (Lipinski definition) is 6. The molecule has 2 aliphatic rings. The van der Waals surface area contributed by atoms with Gasteiger partial charge in [-0.1, -0.05) is 19.1 Å². The van der Waals surface area contributed by atoms with Gasteiger partial charge in [0.1, 0.15) is 5.75 Å². The van der Waals surface area contributed by atoms with Gasteiger partial charge < -0.3 is 14.4 Å². The third kappa shape index (κ3) is 4.19. The summed E-state index contributed by atoms with van der Waals surface area (Å²) < 4.78 is 37.8. The molecule has 0 radical (unpaired) electrons. The molecule has 1 fully saturated rings. The molecule has 166 valence electrons. The summed E-state index contributed by atoms with van der Waals surface area (Å²) in [5.74, 6) is 1.64. The molecule has 0 spiro atoms. The number of hydrogen-bond donors (Lipinski definition) is 0. The molecule has 2 atom stereocenters. The summed E-state index contributed by atoms with van der Waals surface area (Å²) >= 11 is 0. The highest BCUT2D eigenvalue weighted by Crippen LogP contribution is 2.34. The second-order valence-electron chi connectivity index (χ2n) is 8.07. The smallest absolute Gasteiger partial charge is 0.225 e. The van der Waals surface area contributed by atoms with Gasteiger partial charge in [-0.15, -0.1) is 0 Å². The summed E-state index contributed by atoms with van der Waals surface area (Å²) in [4.78, 5) is 11.7. The molecule has 0 aliphatic carbocycles. The van der Waals surface area contributed by atoms with Crippen molar-refractivity contribution < 1.29 is 18.1 Å². The van der Waals surface area contributed by atoms with E-state index in [0.717, 1.165) is 48.6 Å². The number of aryl methyl sites for hydroxylation is 1. The van der Waals surface area contributed by atoms with Gasteiger partial charge >= 0.3 is 0 Å². The van der Waals surface area contributed by atoms with Crippen LogP contribution in [0.3, 0.4) is 0 Å². The fourth-order valence-corrected chi connectivity index (χ4v) is 4.94. The first-order chi connectivity index (χ1) is 15.6. The third-order valence-electron chi connectivity index (χ3n) is 5.92. The number of anilines is 1. The minimum Gasteiger partial charge on any atom is -0.490 e. The number of nitrogens with zero attached hydrogens (tertiary/aromatic N) is 3. The molecule has 2 aromatic carbocycles. The van der Waals surface area contributed by atoms with E-state index in [2.05, 4.69) is 21.8 Å². The van der Waals surface area contributed by atoms with Crippen LogP contribution in [0.1, 0.15) is 18.9 Å². The molecule has 3 aromatic rings. The standard InChI is InChI=1S/C24H24FN3O3S/c1-2-16-11-26-24(27-12-16)28-8-7-17(13-28)14-30-21-5-3-18(9-20(21)25)19-4-6-23-22(10-19)31-15-32(23)29/h3-6,9-12,17H,2,7-8,13-15H2,1H3/t17-,32+/m1/s1. The molecule has 0 N–H and O–H groups in total. The number of benzene rings is 2. The molecule has 8 heteroatoms. The van der Waals surface area contributed by atoms with Crippen molar-refractivity contribution in [2.45, 2.75) is 24.7 Å². The number of halogens is 1. The van der Waals surface area contributed by atoms with Crippen molar-refractivity contribution in [1.82, 2.24) is 9.97 Å². The van der Waals surface area contributed by atoms with Crippen molar-refractivity contribution in [3.05, 3.63) is 60.2 Å². The fraction of sp³-hybridized carbons (Fsp3) is 0.333. The lowest BCUT2D eigenvalue weighted by atomic mass is 10.0. The Bertz CT molecular complexity index is 1160. The topological polar surface area (TPSA) is 64.6 Å². The molecule has 1 aromatic heterocycles. The highest BCUT2D eigenvalue weighted by molar-refractivity contribution is 7.85. The molecule has 0 unspecified atom stereocenters. The SMILES string of the molecule is CCc1cnc(N2CC[C@@H](COc3ccc(-c4ccc5c(c4)OC[S@@]5=O)cc3F)C2)nc1. The molecule has 1 saturated heterocycles. The molecule has 0 saturated carbocycles. The Hall–Kier alpha value is -3.00. The quantitative estimate of drug-likeness (QED) is 0.557. The average Bonchev–Trinajstić information content (AvgIpc) is 3.45. The van der Waals surface area contributed by atoms with Gasteiger partial charge in [0.25, 0.3) is 0 Å². The predicted molar refractivity (Wildman–Crippen MR) is 121 cm³/mol. The van der Waals surface area contributed by atoms with E-state index in [1.165, 1.54) is 6.07 Å². The zero-order chi connectivity index (χ0) is 22.1. The lowest BCUT2D eigenvalue weighted by Crippen LogP contribution is -2.23. The van der Waals surface area contributed by atoms with Gasteiger partial charge in [-0.2, -0.15) is 0 Å². The Morgan fingerprint density at radius 3 is 2.75 bits per heavy atom. The maximum absolute atomic E-state index is 14.7. The van der Waals surface area contributed by atoms with Crippen molar-refractivity contribution >= 4 is 16.7 Å². The number of aromatic nitrogens is 2. The summed E-state index contributed by atoms with van der Waals surface area (Å²) in [7, 11) is -1.12. The van der Waals surface area contributed by atoms with Crippen molar-refractivity contribution in [2.75, 3.05) is 30.5 Å². The molecular weight excluding hydrogens is 429 g/mol. The summed E-state index contributed by atoms with van der Waals surface area (Å²) in [6, 6.07) is 10.4. The number of ether oxygens (including phenoxy) is 2. The van der Waals surface area contributed by atoms with E-state index in [4.69, 9.17) is 9.47 Å². The molecule has 2 aliphatic heterocycles. The van der Waals surface area contributed by atoms with E-state index < -0.39 is 16.6 Å². The van der Waals surface area contributed by atoms with Crippen LogP contribution in [0.2, 0.25) is 0 Å². The third-order valence-corrected chi connectivity index (χ3v) is 7.08. The largest absolute Gasteiger partial charge is 0.490 e. The zero-order valence-electron chi connectivity index (χ0n) is 17.8. The van der Waals surface area contributed by atoms with Crippen molar-refractivity contribution in [1.29, 1.82) is 0 Å². The van der Waals surface area contributed by atoms with Gasteiger partial charge in [0.05, 0.1) is 22.3 Å². The van der Waals surface area contributed by atoms with E-state index >= 15 is 0 Å². The van der Waals surface area contributed by atoms with Crippen LogP contribution in [0.25, 0.3) is 11.1 Å². The lowest BCUT2D eigenvalue weighted by molar-refractivity contribution is 0.250. The van der Waals surface area contributed by atoms with Gasteiger partial charge in [-0.25, -0.2) is 14.4 Å². The maximum Gasteiger partial charge on any atom is 0.225 e. The van der Waals surface area contributed by atoms with Gasteiger partial charge in [-0.3, -0.25) is 4.21 Å². The molecule has 5 rings (SSSR count). The first-order valence-electron chi connectivity index (χ1n) is 10.7. The van der Waals surface area contributed by atoms with E-state index in [0.29, 0.717) is 23.2 Å². The molecule has 0 bridgehead atoms. The second kappa shape index (κ2) is 8.86. The second-order valence-corrected chi connectivity index (χ2v) is 9.44. The van der Waals surface area contributed by atoms with Gasteiger partial charge in [0.2, 0.25) is 5.95 Å². The normalized spacial score (nSPS) is 19.6. The van der Waals surface area contributed by atoms with Gasteiger partial charge in [-0.05, 0) is 53.8 Å². The first kappa shape index (κ1) is 20.9. The Labute approximate surface area is 188 Å². The van der Waals surface area contributed by atoms with E-state index in [1.54, 1.807) is 18.2 Å². The van der Waals surface area contributed by atoms with Crippen LogP contribution in [0.5, 0.6) is 11.5 Å². The molecule has 3 heterocycles. The van der Waals surface area contributed by atoms with E-state index in [1.807, 2.05) is 24.5 Å². The van der Waals surface area contributed by atoms with Crippen LogP contribution in [0.4, 0.5) is 10.3 Å². The van der Waals surface area contributed by atoms with Gasteiger partial charge in [0.15, 0.2) is 17.5 Å². The highest BCUT2D eigenvalue weighted by atomic mass is 32.2. The monoisotopic (exact) mass is 453 g/mol.